The van der Waals surface area contributed by atoms with Crippen LogP contribution < -0.4 is 5.32 Å². The molecule has 0 atom stereocenters. The SMILES string of the molecule is CC1(C)CNCCN1S(=O)(=O)c1cccc2ccccc12. The third kappa shape index (κ3) is 2.46. The van der Waals surface area contributed by atoms with Gasteiger partial charge in [-0.05, 0) is 25.3 Å². The highest BCUT2D eigenvalue weighted by molar-refractivity contribution is 7.89. The summed E-state index contributed by atoms with van der Waals surface area (Å²) < 4.78 is 27.9. The zero-order valence-corrected chi connectivity index (χ0v) is 13.2. The van der Waals surface area contributed by atoms with Gasteiger partial charge in [0.25, 0.3) is 0 Å². The van der Waals surface area contributed by atoms with Crippen molar-refractivity contribution in [2.75, 3.05) is 19.6 Å². The topological polar surface area (TPSA) is 49.4 Å². The number of benzene rings is 2. The molecule has 0 aliphatic carbocycles. The van der Waals surface area contributed by atoms with Crippen LogP contribution in [0.25, 0.3) is 10.8 Å². The number of piperazine rings is 1. The third-order valence-corrected chi connectivity index (χ3v) is 6.21. The third-order valence-electron chi connectivity index (χ3n) is 4.04. The van der Waals surface area contributed by atoms with Gasteiger partial charge in [0.2, 0.25) is 10.0 Å². The first-order valence-electron chi connectivity index (χ1n) is 7.14. The van der Waals surface area contributed by atoms with Crippen LogP contribution in [0.4, 0.5) is 0 Å². The van der Waals surface area contributed by atoms with Crippen molar-refractivity contribution in [1.82, 2.24) is 9.62 Å². The maximum absolute atomic E-state index is 13.1. The largest absolute Gasteiger partial charge is 0.314 e. The van der Waals surface area contributed by atoms with Gasteiger partial charge in [0.1, 0.15) is 0 Å². The molecule has 0 saturated carbocycles. The van der Waals surface area contributed by atoms with Gasteiger partial charge in [-0.1, -0.05) is 36.4 Å². The fourth-order valence-electron chi connectivity index (χ4n) is 2.95. The highest BCUT2D eigenvalue weighted by Crippen LogP contribution is 2.30. The maximum atomic E-state index is 13.1. The molecule has 5 heteroatoms. The number of hydrogen-bond donors (Lipinski definition) is 1. The smallest absolute Gasteiger partial charge is 0.244 e. The summed E-state index contributed by atoms with van der Waals surface area (Å²) in [4.78, 5) is 0.399. The van der Waals surface area contributed by atoms with Crippen LogP contribution in [0.3, 0.4) is 0 Å². The molecular weight excluding hydrogens is 284 g/mol. The molecule has 0 spiro atoms. The Morgan fingerprint density at radius 2 is 1.81 bits per heavy atom. The van der Waals surface area contributed by atoms with Gasteiger partial charge in [-0.25, -0.2) is 8.42 Å². The number of nitrogens with one attached hydrogen (secondary N) is 1. The summed E-state index contributed by atoms with van der Waals surface area (Å²) in [6, 6.07) is 13.1. The van der Waals surface area contributed by atoms with Gasteiger partial charge in [0, 0.05) is 30.6 Å². The van der Waals surface area contributed by atoms with E-state index in [1.165, 1.54) is 0 Å². The van der Waals surface area contributed by atoms with E-state index in [4.69, 9.17) is 0 Å². The van der Waals surface area contributed by atoms with Crippen molar-refractivity contribution < 1.29 is 8.42 Å². The van der Waals surface area contributed by atoms with E-state index in [2.05, 4.69) is 5.32 Å². The Kier molecular flexibility index (Phi) is 3.51. The van der Waals surface area contributed by atoms with E-state index in [0.29, 0.717) is 24.5 Å². The van der Waals surface area contributed by atoms with E-state index >= 15 is 0 Å². The molecule has 2 aromatic carbocycles. The quantitative estimate of drug-likeness (QED) is 0.925. The van der Waals surface area contributed by atoms with Gasteiger partial charge in [0.05, 0.1) is 4.90 Å². The zero-order chi connectivity index (χ0) is 15.1. The average molecular weight is 304 g/mol. The number of nitrogens with zero attached hydrogens (tertiary/aromatic N) is 1. The maximum Gasteiger partial charge on any atom is 0.244 e. The van der Waals surface area contributed by atoms with E-state index in [1.54, 1.807) is 10.4 Å². The Balaban J connectivity index is 2.17. The Morgan fingerprint density at radius 3 is 2.57 bits per heavy atom. The highest BCUT2D eigenvalue weighted by Gasteiger charge is 2.39. The van der Waals surface area contributed by atoms with Gasteiger partial charge in [0.15, 0.2) is 0 Å². The summed E-state index contributed by atoms with van der Waals surface area (Å²) in [5.74, 6) is 0. The Bertz CT molecular complexity index is 763. The molecule has 2 aromatic rings. The molecule has 1 aliphatic heterocycles. The molecule has 1 fully saturated rings. The standard InChI is InChI=1S/C16H20N2O2S/c1-16(2)12-17-10-11-18(16)21(19,20)15-9-5-7-13-6-3-4-8-14(13)15/h3-9,17H,10-12H2,1-2H3. The Labute approximate surface area is 125 Å². The summed E-state index contributed by atoms with van der Waals surface area (Å²) in [7, 11) is -3.50. The second-order valence-corrected chi connectivity index (χ2v) is 7.87. The summed E-state index contributed by atoms with van der Waals surface area (Å²) in [6.07, 6.45) is 0. The first-order valence-corrected chi connectivity index (χ1v) is 8.58. The summed E-state index contributed by atoms with van der Waals surface area (Å²) in [6.45, 7) is 5.77. The lowest BCUT2D eigenvalue weighted by Gasteiger charge is -2.41. The summed E-state index contributed by atoms with van der Waals surface area (Å²) in [5, 5.41) is 5.00. The number of hydrogen-bond acceptors (Lipinski definition) is 3. The second kappa shape index (κ2) is 5.09. The van der Waals surface area contributed by atoms with Crippen LogP contribution in [0.15, 0.2) is 47.4 Å². The van der Waals surface area contributed by atoms with Crippen molar-refractivity contribution in [2.45, 2.75) is 24.3 Å². The molecule has 0 unspecified atom stereocenters. The van der Waals surface area contributed by atoms with Crippen molar-refractivity contribution >= 4 is 20.8 Å². The number of fused-ring (bicyclic) bond motifs is 1. The monoisotopic (exact) mass is 304 g/mol. The van der Waals surface area contributed by atoms with E-state index in [0.717, 1.165) is 10.8 Å². The van der Waals surface area contributed by atoms with E-state index < -0.39 is 15.6 Å². The molecule has 1 aliphatic rings. The minimum atomic E-state index is -3.50. The van der Waals surface area contributed by atoms with E-state index in [1.807, 2.05) is 50.2 Å². The molecule has 3 rings (SSSR count). The Morgan fingerprint density at radius 1 is 1.10 bits per heavy atom. The lowest BCUT2D eigenvalue weighted by molar-refractivity contribution is 0.186. The molecule has 0 bridgehead atoms. The molecule has 21 heavy (non-hydrogen) atoms. The van der Waals surface area contributed by atoms with Crippen molar-refractivity contribution in [1.29, 1.82) is 0 Å². The van der Waals surface area contributed by atoms with E-state index in [-0.39, 0.29) is 0 Å². The molecular formula is C16H20N2O2S. The average Bonchev–Trinajstić information content (AvgIpc) is 2.46. The van der Waals surface area contributed by atoms with Crippen molar-refractivity contribution in [3.05, 3.63) is 42.5 Å². The van der Waals surface area contributed by atoms with Gasteiger partial charge in [-0.15, -0.1) is 0 Å². The minimum absolute atomic E-state index is 0.399. The fourth-order valence-corrected chi connectivity index (χ4v) is 4.95. The van der Waals surface area contributed by atoms with Gasteiger partial charge in [-0.2, -0.15) is 4.31 Å². The van der Waals surface area contributed by atoms with Crippen molar-refractivity contribution in [2.24, 2.45) is 0 Å². The van der Waals surface area contributed by atoms with E-state index in [9.17, 15) is 8.42 Å². The van der Waals surface area contributed by atoms with Crippen LogP contribution in [0.2, 0.25) is 0 Å². The molecule has 0 aromatic heterocycles. The van der Waals surface area contributed by atoms with Gasteiger partial charge < -0.3 is 5.32 Å². The van der Waals surface area contributed by atoms with Crippen LogP contribution in [-0.4, -0.2) is 37.9 Å². The highest BCUT2D eigenvalue weighted by atomic mass is 32.2. The van der Waals surface area contributed by atoms with Crippen LogP contribution >= 0.6 is 0 Å². The Hall–Kier alpha value is -1.43. The van der Waals surface area contributed by atoms with Crippen LogP contribution in [0.5, 0.6) is 0 Å². The summed E-state index contributed by atoms with van der Waals surface area (Å²) >= 11 is 0. The predicted molar refractivity (Wildman–Crippen MR) is 84.8 cm³/mol. The first-order chi connectivity index (χ1) is 9.93. The second-order valence-electron chi connectivity index (χ2n) is 6.04. The number of rotatable bonds is 2. The fraction of sp³-hybridized carbons (Fsp3) is 0.375. The van der Waals surface area contributed by atoms with Crippen molar-refractivity contribution in [3.8, 4) is 0 Å². The lowest BCUT2D eigenvalue weighted by atomic mass is 10.0. The normalized spacial score (nSPS) is 19.7. The lowest BCUT2D eigenvalue weighted by Crippen LogP contribution is -2.59. The summed E-state index contributed by atoms with van der Waals surface area (Å²) in [5.41, 5.74) is -0.423. The van der Waals surface area contributed by atoms with Crippen molar-refractivity contribution in [3.63, 3.8) is 0 Å². The molecule has 112 valence electrons. The van der Waals surface area contributed by atoms with Gasteiger partial charge in [-0.3, -0.25) is 0 Å². The van der Waals surface area contributed by atoms with Crippen LogP contribution in [0.1, 0.15) is 13.8 Å². The molecule has 1 N–H and O–H groups in total. The molecule has 0 radical (unpaired) electrons. The first kappa shape index (κ1) is 14.5. The number of sulfonamides is 1. The zero-order valence-electron chi connectivity index (χ0n) is 12.3. The van der Waals surface area contributed by atoms with Crippen LogP contribution in [-0.2, 0) is 10.0 Å². The van der Waals surface area contributed by atoms with Crippen LogP contribution in [0, 0.1) is 0 Å². The molecule has 1 saturated heterocycles. The predicted octanol–water partition coefficient (Wildman–Crippen LogP) is 2.21. The minimum Gasteiger partial charge on any atom is -0.314 e. The molecule has 1 heterocycles. The van der Waals surface area contributed by atoms with Gasteiger partial charge >= 0.3 is 0 Å². The molecule has 4 nitrogen and oxygen atoms in total. The molecule has 0 amide bonds.